The van der Waals surface area contributed by atoms with Gasteiger partial charge in [0.2, 0.25) is 0 Å². The van der Waals surface area contributed by atoms with E-state index < -0.39 is 5.60 Å². The Kier molecular flexibility index (Phi) is 6.41. The van der Waals surface area contributed by atoms with Crippen LogP contribution in [0.1, 0.15) is 40.5 Å². The molecule has 0 spiro atoms. The first-order valence-corrected chi connectivity index (χ1v) is 6.98. The summed E-state index contributed by atoms with van der Waals surface area (Å²) in [5.41, 5.74) is -0.744. The summed E-state index contributed by atoms with van der Waals surface area (Å²) in [7, 11) is 1.56. The average Bonchev–Trinajstić information content (AvgIpc) is 2.31. The number of hydrogen-bond acceptors (Lipinski definition) is 3. The van der Waals surface area contributed by atoms with Crippen LogP contribution in [-0.2, 0) is 9.53 Å². The molecule has 16 heavy (non-hydrogen) atoms. The lowest BCUT2D eigenvalue weighted by Gasteiger charge is -2.31. The summed E-state index contributed by atoms with van der Waals surface area (Å²) in [6, 6.07) is 0. The number of methoxy groups -OCH3 is 1. The number of thioether (sulfide) groups is 1. The number of nitrogens with one attached hydrogen (secondary N) is 1. The zero-order valence-electron chi connectivity index (χ0n) is 11.3. The fourth-order valence-electron chi connectivity index (χ4n) is 1.41. The van der Waals surface area contributed by atoms with Gasteiger partial charge in [-0.1, -0.05) is 13.8 Å². The highest BCUT2D eigenvalue weighted by Gasteiger charge is 2.30. The monoisotopic (exact) mass is 247 g/mol. The van der Waals surface area contributed by atoms with Crippen molar-refractivity contribution in [2.24, 2.45) is 0 Å². The van der Waals surface area contributed by atoms with Crippen LogP contribution in [0.15, 0.2) is 0 Å². The van der Waals surface area contributed by atoms with E-state index in [1.807, 2.05) is 11.8 Å². The lowest BCUT2D eigenvalue weighted by atomic mass is 10.0. The lowest BCUT2D eigenvalue weighted by molar-refractivity contribution is -0.139. The predicted octanol–water partition coefficient (Wildman–Crippen LogP) is 2.45. The van der Waals surface area contributed by atoms with Crippen molar-refractivity contribution in [3.8, 4) is 0 Å². The molecule has 0 rings (SSSR count). The molecule has 3 nitrogen and oxygen atoms in total. The Morgan fingerprint density at radius 3 is 2.12 bits per heavy atom. The summed E-state index contributed by atoms with van der Waals surface area (Å²) in [5, 5.41) is 2.98. The molecular formula is C12H25NO2S. The fraction of sp³-hybridized carbons (Fsp3) is 0.917. The van der Waals surface area contributed by atoms with Crippen LogP contribution in [0, 0.1) is 0 Å². The van der Waals surface area contributed by atoms with Crippen molar-refractivity contribution >= 4 is 17.7 Å². The average molecular weight is 247 g/mol. The van der Waals surface area contributed by atoms with E-state index in [9.17, 15) is 4.79 Å². The molecule has 0 aliphatic rings. The molecule has 0 aromatic rings. The molecule has 0 fully saturated rings. The molecule has 0 heterocycles. The van der Waals surface area contributed by atoms with Gasteiger partial charge < -0.3 is 10.1 Å². The lowest BCUT2D eigenvalue weighted by Crippen LogP contribution is -2.48. The molecule has 0 saturated carbocycles. The van der Waals surface area contributed by atoms with E-state index in [0.29, 0.717) is 6.54 Å². The van der Waals surface area contributed by atoms with E-state index >= 15 is 0 Å². The predicted molar refractivity (Wildman–Crippen MR) is 70.9 cm³/mol. The first-order valence-electron chi connectivity index (χ1n) is 5.76. The van der Waals surface area contributed by atoms with Gasteiger partial charge in [-0.2, -0.15) is 11.8 Å². The number of rotatable bonds is 7. The van der Waals surface area contributed by atoms with Crippen LogP contribution in [0.2, 0.25) is 0 Å². The maximum Gasteiger partial charge on any atom is 0.251 e. The van der Waals surface area contributed by atoms with Gasteiger partial charge >= 0.3 is 0 Å². The van der Waals surface area contributed by atoms with Gasteiger partial charge in [-0.15, -0.1) is 0 Å². The van der Waals surface area contributed by atoms with Crippen molar-refractivity contribution in [1.29, 1.82) is 0 Å². The summed E-state index contributed by atoms with van der Waals surface area (Å²) in [6.07, 6.45) is 4.21. The van der Waals surface area contributed by atoms with Crippen LogP contribution < -0.4 is 5.32 Å². The molecule has 1 amide bonds. The Labute approximate surface area is 104 Å². The molecule has 0 radical (unpaired) electrons. The van der Waals surface area contributed by atoms with E-state index in [-0.39, 0.29) is 10.7 Å². The van der Waals surface area contributed by atoms with Crippen LogP contribution in [-0.4, -0.2) is 36.2 Å². The van der Waals surface area contributed by atoms with Crippen LogP contribution >= 0.6 is 11.8 Å². The van der Waals surface area contributed by atoms with Crippen molar-refractivity contribution < 1.29 is 9.53 Å². The normalized spacial score (nSPS) is 12.6. The smallest absolute Gasteiger partial charge is 0.251 e. The van der Waals surface area contributed by atoms with Crippen LogP contribution in [0.4, 0.5) is 0 Å². The van der Waals surface area contributed by atoms with E-state index in [1.54, 1.807) is 21.0 Å². The second-order valence-electron chi connectivity index (χ2n) is 4.49. The molecule has 0 atom stereocenters. The summed E-state index contributed by atoms with van der Waals surface area (Å²) in [6.45, 7) is 8.58. The molecule has 0 bridgehead atoms. The van der Waals surface area contributed by atoms with Gasteiger partial charge in [0.1, 0.15) is 5.60 Å². The molecule has 96 valence electrons. The Bertz CT molecular complexity index is 217. The van der Waals surface area contributed by atoms with Gasteiger partial charge in [0.25, 0.3) is 5.91 Å². The van der Waals surface area contributed by atoms with E-state index in [1.165, 1.54) is 0 Å². The van der Waals surface area contributed by atoms with Crippen LogP contribution in [0.5, 0.6) is 0 Å². The summed E-state index contributed by atoms with van der Waals surface area (Å²) in [4.78, 5) is 11.8. The summed E-state index contributed by atoms with van der Waals surface area (Å²) in [5.74, 6) is -0.0460. The minimum atomic E-state index is -0.744. The zero-order chi connectivity index (χ0) is 12.8. The molecule has 1 N–H and O–H groups in total. The number of amides is 1. The van der Waals surface area contributed by atoms with E-state index in [2.05, 4.69) is 25.4 Å². The topological polar surface area (TPSA) is 38.3 Å². The summed E-state index contributed by atoms with van der Waals surface area (Å²) < 4.78 is 5.30. The Morgan fingerprint density at radius 1 is 1.31 bits per heavy atom. The van der Waals surface area contributed by atoms with Crippen molar-refractivity contribution in [3.63, 3.8) is 0 Å². The van der Waals surface area contributed by atoms with Crippen LogP contribution in [0.3, 0.4) is 0 Å². The quantitative estimate of drug-likeness (QED) is 0.751. The van der Waals surface area contributed by atoms with Crippen molar-refractivity contribution in [3.05, 3.63) is 0 Å². The van der Waals surface area contributed by atoms with Gasteiger partial charge in [0.05, 0.1) is 0 Å². The Hall–Kier alpha value is -0.220. The fourth-order valence-corrected chi connectivity index (χ4v) is 2.20. The van der Waals surface area contributed by atoms with Gasteiger partial charge in [-0.3, -0.25) is 4.79 Å². The minimum absolute atomic E-state index is 0.0460. The standard InChI is InChI=1S/C12H25NO2S/c1-7-12(8-2,16-6)9-13-10(14)11(3,4)15-5/h7-9H2,1-6H3,(H,13,14). The number of carbonyl (C=O) groups excluding carboxylic acids is 1. The molecule has 0 aliphatic carbocycles. The number of carbonyl (C=O) groups is 1. The second kappa shape index (κ2) is 6.50. The zero-order valence-corrected chi connectivity index (χ0v) is 12.2. The molecule has 0 saturated heterocycles. The highest BCUT2D eigenvalue weighted by molar-refractivity contribution is 8.00. The first-order chi connectivity index (χ1) is 7.37. The first kappa shape index (κ1) is 15.8. The third-order valence-electron chi connectivity index (χ3n) is 3.35. The molecule has 0 aliphatic heterocycles. The van der Waals surface area contributed by atoms with E-state index in [0.717, 1.165) is 12.8 Å². The molecule has 4 heteroatoms. The highest BCUT2D eigenvalue weighted by Crippen LogP contribution is 2.29. The highest BCUT2D eigenvalue weighted by atomic mass is 32.2. The maximum atomic E-state index is 11.8. The van der Waals surface area contributed by atoms with Gasteiger partial charge in [-0.25, -0.2) is 0 Å². The molecule has 0 aromatic carbocycles. The molecule has 0 aromatic heterocycles. The maximum absolute atomic E-state index is 11.8. The third kappa shape index (κ3) is 3.98. The Balaban J connectivity index is 4.38. The SMILES string of the molecule is CCC(CC)(CNC(=O)C(C)(C)OC)SC. The minimum Gasteiger partial charge on any atom is -0.369 e. The number of hydrogen-bond donors (Lipinski definition) is 1. The number of ether oxygens (including phenoxy) is 1. The van der Waals surface area contributed by atoms with Gasteiger partial charge in [-0.05, 0) is 32.9 Å². The van der Waals surface area contributed by atoms with Crippen molar-refractivity contribution in [2.75, 3.05) is 19.9 Å². The molecule has 0 unspecified atom stereocenters. The summed E-state index contributed by atoms with van der Waals surface area (Å²) >= 11 is 1.82. The second-order valence-corrected chi connectivity index (χ2v) is 5.77. The largest absolute Gasteiger partial charge is 0.369 e. The van der Waals surface area contributed by atoms with Crippen molar-refractivity contribution in [1.82, 2.24) is 5.32 Å². The third-order valence-corrected chi connectivity index (χ3v) is 4.94. The van der Waals surface area contributed by atoms with Crippen LogP contribution in [0.25, 0.3) is 0 Å². The van der Waals surface area contributed by atoms with Gasteiger partial charge in [0, 0.05) is 18.4 Å². The Morgan fingerprint density at radius 2 is 1.81 bits per heavy atom. The van der Waals surface area contributed by atoms with Gasteiger partial charge in [0.15, 0.2) is 0 Å². The molecular weight excluding hydrogens is 222 g/mol. The van der Waals surface area contributed by atoms with E-state index in [4.69, 9.17) is 4.74 Å². The van der Waals surface area contributed by atoms with Crippen molar-refractivity contribution in [2.45, 2.75) is 50.9 Å².